The fraction of sp³-hybridized carbons (Fsp3) is 0.588. The van der Waals surface area contributed by atoms with Crippen molar-refractivity contribution in [3.63, 3.8) is 0 Å². The molecule has 0 aliphatic heterocycles. The van der Waals surface area contributed by atoms with Gasteiger partial charge in [-0.05, 0) is 37.3 Å². The van der Waals surface area contributed by atoms with E-state index >= 15 is 0 Å². The van der Waals surface area contributed by atoms with Crippen molar-refractivity contribution in [2.75, 3.05) is 18.2 Å². The normalized spacial score (nSPS) is 17.0. The van der Waals surface area contributed by atoms with E-state index in [1.807, 2.05) is 0 Å². The summed E-state index contributed by atoms with van der Waals surface area (Å²) in [7, 11) is 1.61. The van der Waals surface area contributed by atoms with E-state index in [2.05, 4.69) is 19.2 Å². The number of hydrogen-bond donors (Lipinski definition) is 2. The highest BCUT2D eigenvalue weighted by Crippen LogP contribution is 2.44. The van der Waals surface area contributed by atoms with Gasteiger partial charge in [0.1, 0.15) is 5.75 Å². The summed E-state index contributed by atoms with van der Waals surface area (Å²) in [6.45, 7) is 4.35. The molecule has 0 spiro atoms. The lowest BCUT2D eigenvalue weighted by Gasteiger charge is -2.29. The molecule has 1 aliphatic carbocycles. The van der Waals surface area contributed by atoms with Gasteiger partial charge in [0.15, 0.2) is 0 Å². The number of carbonyl (C=O) groups is 1. The fourth-order valence-electron chi connectivity index (χ4n) is 3.38. The van der Waals surface area contributed by atoms with Crippen LogP contribution in [0.15, 0.2) is 18.2 Å². The third kappa shape index (κ3) is 3.49. The van der Waals surface area contributed by atoms with E-state index in [1.54, 1.807) is 25.3 Å². The van der Waals surface area contributed by atoms with Gasteiger partial charge in [-0.15, -0.1) is 0 Å². The second-order valence-corrected chi connectivity index (χ2v) is 6.49. The SMILES string of the molecule is COc1ccc(N)c(NC(=O)C2(CC(C)C)CCCC2)c1. The van der Waals surface area contributed by atoms with Crippen molar-refractivity contribution >= 4 is 17.3 Å². The predicted molar refractivity (Wildman–Crippen MR) is 86.4 cm³/mol. The van der Waals surface area contributed by atoms with E-state index in [9.17, 15) is 4.79 Å². The second kappa shape index (κ2) is 6.37. The zero-order valence-electron chi connectivity index (χ0n) is 13.2. The van der Waals surface area contributed by atoms with Gasteiger partial charge in [0, 0.05) is 11.5 Å². The molecule has 2 rings (SSSR count). The molecular weight excluding hydrogens is 264 g/mol. The smallest absolute Gasteiger partial charge is 0.230 e. The minimum Gasteiger partial charge on any atom is -0.497 e. The van der Waals surface area contributed by atoms with E-state index in [-0.39, 0.29) is 11.3 Å². The molecule has 1 fully saturated rings. The van der Waals surface area contributed by atoms with E-state index < -0.39 is 0 Å². The van der Waals surface area contributed by atoms with Crippen molar-refractivity contribution < 1.29 is 9.53 Å². The third-order valence-corrected chi connectivity index (χ3v) is 4.35. The molecule has 0 radical (unpaired) electrons. The monoisotopic (exact) mass is 290 g/mol. The van der Waals surface area contributed by atoms with Gasteiger partial charge in [-0.3, -0.25) is 4.79 Å². The lowest BCUT2D eigenvalue weighted by atomic mass is 9.77. The fourth-order valence-corrected chi connectivity index (χ4v) is 3.38. The van der Waals surface area contributed by atoms with Gasteiger partial charge in [-0.1, -0.05) is 26.7 Å². The minimum absolute atomic E-state index is 0.105. The second-order valence-electron chi connectivity index (χ2n) is 6.49. The largest absolute Gasteiger partial charge is 0.497 e. The Bertz CT molecular complexity index is 506. The van der Waals surface area contributed by atoms with Crippen LogP contribution >= 0.6 is 0 Å². The standard InChI is InChI=1S/C17H26N2O2/c1-12(2)11-17(8-4-5-9-17)16(20)19-15-10-13(21-3)6-7-14(15)18/h6-7,10,12H,4-5,8-9,11,18H2,1-3H3,(H,19,20). The van der Waals surface area contributed by atoms with Crippen LogP contribution in [-0.2, 0) is 4.79 Å². The molecule has 4 heteroatoms. The molecule has 116 valence electrons. The van der Waals surface area contributed by atoms with Crippen LogP contribution in [0.3, 0.4) is 0 Å². The maximum absolute atomic E-state index is 12.8. The number of carbonyl (C=O) groups excluding carboxylic acids is 1. The number of nitrogens with one attached hydrogen (secondary N) is 1. The molecule has 0 unspecified atom stereocenters. The summed E-state index contributed by atoms with van der Waals surface area (Å²) in [6.07, 6.45) is 5.14. The van der Waals surface area contributed by atoms with Crippen LogP contribution in [0.4, 0.5) is 11.4 Å². The Kier molecular flexibility index (Phi) is 4.76. The number of hydrogen-bond acceptors (Lipinski definition) is 3. The number of nitrogens with two attached hydrogens (primary N) is 1. The van der Waals surface area contributed by atoms with E-state index in [4.69, 9.17) is 10.5 Å². The van der Waals surface area contributed by atoms with Crippen molar-refractivity contribution in [3.8, 4) is 5.75 Å². The summed E-state index contributed by atoms with van der Waals surface area (Å²) < 4.78 is 5.20. The number of nitrogen functional groups attached to an aromatic ring is 1. The Morgan fingerprint density at radius 3 is 2.62 bits per heavy atom. The number of benzene rings is 1. The quantitative estimate of drug-likeness (QED) is 0.810. The van der Waals surface area contributed by atoms with Crippen LogP contribution in [0.5, 0.6) is 5.75 Å². The van der Waals surface area contributed by atoms with Gasteiger partial charge >= 0.3 is 0 Å². The maximum Gasteiger partial charge on any atom is 0.230 e. The predicted octanol–water partition coefficient (Wildman–Crippen LogP) is 3.82. The third-order valence-electron chi connectivity index (χ3n) is 4.35. The Balaban J connectivity index is 2.19. The highest BCUT2D eigenvalue weighted by molar-refractivity contribution is 5.98. The van der Waals surface area contributed by atoms with Crippen LogP contribution in [0.2, 0.25) is 0 Å². The molecule has 1 aromatic rings. The molecule has 0 saturated heterocycles. The highest BCUT2D eigenvalue weighted by atomic mass is 16.5. The first-order chi connectivity index (χ1) is 9.97. The number of amides is 1. The van der Waals surface area contributed by atoms with Gasteiger partial charge < -0.3 is 15.8 Å². The molecular formula is C17H26N2O2. The van der Waals surface area contributed by atoms with E-state index in [1.165, 1.54) is 0 Å². The number of anilines is 2. The highest BCUT2D eigenvalue weighted by Gasteiger charge is 2.41. The van der Waals surface area contributed by atoms with Crippen molar-refractivity contribution in [1.29, 1.82) is 0 Å². The molecule has 1 aromatic carbocycles. The molecule has 0 heterocycles. The average Bonchev–Trinajstić information content (AvgIpc) is 2.90. The Labute approximate surface area is 127 Å². The zero-order valence-corrected chi connectivity index (χ0v) is 13.2. The molecule has 1 saturated carbocycles. The first kappa shape index (κ1) is 15.7. The van der Waals surface area contributed by atoms with Gasteiger partial charge in [-0.2, -0.15) is 0 Å². The molecule has 0 aromatic heterocycles. The number of ether oxygens (including phenoxy) is 1. The Morgan fingerprint density at radius 2 is 2.05 bits per heavy atom. The Morgan fingerprint density at radius 1 is 1.38 bits per heavy atom. The molecule has 4 nitrogen and oxygen atoms in total. The molecule has 1 amide bonds. The van der Waals surface area contributed by atoms with Gasteiger partial charge in [-0.25, -0.2) is 0 Å². The van der Waals surface area contributed by atoms with Crippen molar-refractivity contribution in [3.05, 3.63) is 18.2 Å². The first-order valence-corrected chi connectivity index (χ1v) is 7.72. The van der Waals surface area contributed by atoms with Crippen LogP contribution in [0.25, 0.3) is 0 Å². The molecule has 3 N–H and O–H groups in total. The summed E-state index contributed by atoms with van der Waals surface area (Å²) in [5.41, 5.74) is 6.95. The lowest BCUT2D eigenvalue weighted by molar-refractivity contribution is -0.126. The van der Waals surface area contributed by atoms with Crippen molar-refractivity contribution in [1.82, 2.24) is 0 Å². The Hall–Kier alpha value is -1.71. The van der Waals surface area contributed by atoms with Crippen molar-refractivity contribution in [2.45, 2.75) is 46.0 Å². The summed E-state index contributed by atoms with van der Waals surface area (Å²) in [6, 6.07) is 5.34. The maximum atomic E-state index is 12.8. The van der Waals surface area contributed by atoms with Gasteiger partial charge in [0.05, 0.1) is 18.5 Å². The van der Waals surface area contributed by atoms with E-state index in [0.717, 1.165) is 32.1 Å². The summed E-state index contributed by atoms with van der Waals surface area (Å²) in [4.78, 5) is 12.8. The zero-order chi connectivity index (χ0) is 15.5. The average molecular weight is 290 g/mol. The summed E-state index contributed by atoms with van der Waals surface area (Å²) in [5.74, 6) is 1.31. The van der Waals surface area contributed by atoms with E-state index in [0.29, 0.717) is 23.0 Å². The first-order valence-electron chi connectivity index (χ1n) is 7.72. The van der Waals surface area contributed by atoms with Crippen LogP contribution in [-0.4, -0.2) is 13.0 Å². The molecule has 1 aliphatic rings. The van der Waals surface area contributed by atoms with Gasteiger partial charge in [0.25, 0.3) is 0 Å². The number of methoxy groups -OCH3 is 1. The minimum atomic E-state index is -0.232. The lowest BCUT2D eigenvalue weighted by Crippen LogP contribution is -2.35. The van der Waals surface area contributed by atoms with Gasteiger partial charge in [0.2, 0.25) is 5.91 Å². The topological polar surface area (TPSA) is 64.3 Å². The molecule has 0 atom stereocenters. The molecule has 21 heavy (non-hydrogen) atoms. The van der Waals surface area contributed by atoms with Crippen LogP contribution in [0, 0.1) is 11.3 Å². The van der Waals surface area contributed by atoms with Crippen LogP contribution in [0.1, 0.15) is 46.0 Å². The molecule has 0 bridgehead atoms. The van der Waals surface area contributed by atoms with Crippen molar-refractivity contribution in [2.24, 2.45) is 11.3 Å². The van der Waals surface area contributed by atoms with Crippen LogP contribution < -0.4 is 15.8 Å². The number of rotatable bonds is 5. The summed E-state index contributed by atoms with van der Waals surface area (Å²) >= 11 is 0. The summed E-state index contributed by atoms with van der Waals surface area (Å²) in [5, 5.41) is 3.03.